The Morgan fingerprint density at radius 3 is 2.65 bits per heavy atom. The lowest BCUT2D eigenvalue weighted by molar-refractivity contribution is -0.173. The van der Waals surface area contributed by atoms with E-state index in [-0.39, 0.29) is 5.56 Å². The van der Waals surface area contributed by atoms with Crippen molar-refractivity contribution in [3.63, 3.8) is 0 Å². The molecule has 1 aromatic heterocycles. The summed E-state index contributed by atoms with van der Waals surface area (Å²) in [7, 11) is 0. The van der Waals surface area contributed by atoms with Crippen molar-refractivity contribution in [2.75, 3.05) is 6.61 Å². The average molecular weight is 286 g/mol. The van der Waals surface area contributed by atoms with E-state index in [0.29, 0.717) is 4.73 Å². The Balaban J connectivity index is 2.20. The maximum absolute atomic E-state index is 11.6. The summed E-state index contributed by atoms with van der Waals surface area (Å²) >= 11 is 0. The largest absolute Gasteiger partial charge is 0.394 e. The molecule has 0 radical (unpaired) electrons. The van der Waals surface area contributed by atoms with Crippen LogP contribution in [0.15, 0.2) is 23.1 Å². The molecule has 0 bridgehead atoms. The van der Waals surface area contributed by atoms with Crippen LogP contribution in [-0.4, -0.2) is 57.2 Å². The maximum atomic E-state index is 11.6. The van der Waals surface area contributed by atoms with Crippen molar-refractivity contribution in [3.8, 4) is 0 Å². The molecule has 9 heteroatoms. The summed E-state index contributed by atoms with van der Waals surface area (Å²) < 4.78 is 5.71. The molecule has 110 valence electrons. The molecule has 0 spiro atoms. The van der Waals surface area contributed by atoms with Crippen molar-refractivity contribution in [1.29, 1.82) is 0 Å². The number of hydrogen-bond acceptors (Lipinski definition) is 7. The fourth-order valence-corrected chi connectivity index (χ4v) is 1.76. The van der Waals surface area contributed by atoms with Crippen LogP contribution in [0.1, 0.15) is 10.4 Å². The van der Waals surface area contributed by atoms with Gasteiger partial charge in [-0.1, -0.05) is 0 Å². The molecule has 1 aliphatic heterocycles. The smallest absolute Gasteiger partial charge is 0.283 e. The van der Waals surface area contributed by atoms with E-state index in [1.165, 1.54) is 6.07 Å². The van der Waals surface area contributed by atoms with Crippen molar-refractivity contribution >= 4 is 5.91 Å². The number of carbonyl (C=O) groups excluding carboxylic acids is 1. The van der Waals surface area contributed by atoms with Gasteiger partial charge in [0.2, 0.25) is 5.91 Å². The zero-order valence-corrected chi connectivity index (χ0v) is 10.2. The van der Waals surface area contributed by atoms with Crippen LogP contribution >= 0.6 is 0 Å². The number of amides is 1. The van der Waals surface area contributed by atoms with Gasteiger partial charge >= 0.3 is 0 Å². The van der Waals surface area contributed by atoms with E-state index in [4.69, 9.17) is 20.4 Å². The number of nitrogens with zero attached hydrogens (tertiary/aromatic N) is 1. The highest BCUT2D eigenvalue weighted by Crippen LogP contribution is 2.20. The van der Waals surface area contributed by atoms with Crippen molar-refractivity contribution in [2.45, 2.75) is 24.6 Å². The zero-order chi connectivity index (χ0) is 14.9. The van der Waals surface area contributed by atoms with Crippen molar-refractivity contribution in [3.05, 3.63) is 34.2 Å². The number of aromatic nitrogens is 1. The average Bonchev–Trinajstić information content (AvgIpc) is 2.68. The van der Waals surface area contributed by atoms with Gasteiger partial charge in [-0.3, -0.25) is 9.59 Å². The molecule has 4 atom stereocenters. The van der Waals surface area contributed by atoms with E-state index < -0.39 is 42.7 Å². The summed E-state index contributed by atoms with van der Waals surface area (Å²) in [5.74, 6) is -0.761. The van der Waals surface area contributed by atoms with E-state index in [2.05, 4.69) is 0 Å². The predicted octanol–water partition coefficient (Wildman–Crippen LogP) is -3.19. The van der Waals surface area contributed by atoms with Gasteiger partial charge in [0.25, 0.3) is 11.8 Å². The Hall–Kier alpha value is -1.94. The van der Waals surface area contributed by atoms with Crippen LogP contribution in [0.2, 0.25) is 0 Å². The molecular formula is C11H14N2O7. The molecule has 1 aromatic rings. The Labute approximate surface area is 112 Å². The summed E-state index contributed by atoms with van der Waals surface area (Å²) in [6.45, 7) is -0.520. The standard InChI is InChI=1S/C11H14N2O7/c12-10(18)5-1-2-7(15)13(3-5)20-11-9(17)8(16)6(4-14)19-11/h1-3,6,8-9,11,14,16-17H,4H2,(H2,12,18)/t6-,8-,9-,11?/m1/s1. The summed E-state index contributed by atoms with van der Waals surface area (Å²) in [6.07, 6.45) is -4.14. The van der Waals surface area contributed by atoms with Crippen LogP contribution in [0.25, 0.3) is 0 Å². The lowest BCUT2D eigenvalue weighted by Crippen LogP contribution is -2.41. The summed E-state index contributed by atoms with van der Waals surface area (Å²) in [5.41, 5.74) is 4.48. The van der Waals surface area contributed by atoms with Crippen molar-refractivity contribution < 1.29 is 29.7 Å². The monoisotopic (exact) mass is 286 g/mol. The molecule has 1 saturated heterocycles. The normalized spacial score (nSPS) is 29.4. The molecule has 20 heavy (non-hydrogen) atoms. The van der Waals surface area contributed by atoms with Gasteiger partial charge in [0.1, 0.15) is 18.3 Å². The van der Waals surface area contributed by atoms with Gasteiger partial charge < -0.3 is 30.6 Å². The molecule has 5 N–H and O–H groups in total. The zero-order valence-electron chi connectivity index (χ0n) is 10.2. The Kier molecular flexibility index (Phi) is 4.04. The molecule has 9 nitrogen and oxygen atoms in total. The maximum Gasteiger partial charge on any atom is 0.283 e. The minimum atomic E-state index is -1.45. The van der Waals surface area contributed by atoms with E-state index >= 15 is 0 Å². The Morgan fingerprint density at radius 2 is 2.10 bits per heavy atom. The lowest BCUT2D eigenvalue weighted by Gasteiger charge is -2.17. The Bertz CT molecular complexity index is 558. The van der Waals surface area contributed by atoms with Gasteiger partial charge in [-0.2, -0.15) is 0 Å². The first-order valence-corrected chi connectivity index (χ1v) is 5.76. The third-order valence-corrected chi connectivity index (χ3v) is 2.88. The van der Waals surface area contributed by atoms with Crippen LogP contribution < -0.4 is 16.1 Å². The van der Waals surface area contributed by atoms with E-state index in [9.17, 15) is 19.8 Å². The second kappa shape index (κ2) is 5.59. The second-order valence-corrected chi connectivity index (χ2v) is 4.26. The lowest BCUT2D eigenvalue weighted by atomic mass is 10.1. The summed E-state index contributed by atoms with van der Waals surface area (Å²) in [4.78, 5) is 27.6. The Morgan fingerprint density at radius 1 is 1.40 bits per heavy atom. The van der Waals surface area contributed by atoms with E-state index in [1.807, 2.05) is 0 Å². The molecule has 1 aliphatic rings. The van der Waals surface area contributed by atoms with Crippen molar-refractivity contribution in [2.24, 2.45) is 5.73 Å². The molecule has 0 saturated carbocycles. The van der Waals surface area contributed by atoms with Crippen LogP contribution in [0.3, 0.4) is 0 Å². The van der Waals surface area contributed by atoms with Gasteiger partial charge in [-0.25, -0.2) is 0 Å². The van der Waals surface area contributed by atoms with Crippen molar-refractivity contribution in [1.82, 2.24) is 4.73 Å². The minimum Gasteiger partial charge on any atom is -0.394 e. The summed E-state index contributed by atoms with van der Waals surface area (Å²) in [5, 5.41) is 28.1. The first-order valence-electron chi connectivity index (χ1n) is 5.76. The number of aliphatic hydroxyl groups is 3. The highest BCUT2D eigenvalue weighted by molar-refractivity contribution is 5.92. The number of nitrogens with two attached hydrogens (primary N) is 1. The summed E-state index contributed by atoms with van der Waals surface area (Å²) in [6, 6.07) is 2.28. The van der Waals surface area contributed by atoms with E-state index in [0.717, 1.165) is 12.3 Å². The predicted molar refractivity (Wildman–Crippen MR) is 63.6 cm³/mol. The number of carbonyl (C=O) groups is 1. The fraction of sp³-hybridized carbons (Fsp3) is 0.455. The van der Waals surface area contributed by atoms with Gasteiger partial charge in [0.15, 0.2) is 0 Å². The molecule has 2 heterocycles. The first kappa shape index (κ1) is 14.5. The molecule has 1 amide bonds. The molecule has 0 aliphatic carbocycles. The molecule has 1 fully saturated rings. The number of primary amides is 1. The molecule has 1 unspecified atom stereocenters. The first-order chi connectivity index (χ1) is 9.43. The second-order valence-electron chi connectivity index (χ2n) is 4.26. The van der Waals surface area contributed by atoms with Crippen LogP contribution in [-0.2, 0) is 4.74 Å². The highest BCUT2D eigenvalue weighted by atomic mass is 16.8. The number of pyridine rings is 1. The number of rotatable bonds is 4. The van der Waals surface area contributed by atoms with Crippen LogP contribution in [0.5, 0.6) is 0 Å². The van der Waals surface area contributed by atoms with E-state index in [1.54, 1.807) is 0 Å². The van der Waals surface area contributed by atoms with Gasteiger partial charge in [0.05, 0.1) is 18.4 Å². The topological polar surface area (TPSA) is 144 Å². The molecule has 2 rings (SSSR count). The SMILES string of the molecule is NC(=O)c1ccc(=O)n(OC2O[C@H](CO)[C@@H](O)[C@H]2O)c1. The third kappa shape index (κ3) is 2.65. The third-order valence-electron chi connectivity index (χ3n) is 2.88. The van der Waals surface area contributed by atoms with Crippen LogP contribution in [0, 0.1) is 0 Å². The van der Waals surface area contributed by atoms with Gasteiger partial charge in [-0.05, 0) is 6.07 Å². The quantitative estimate of drug-likeness (QED) is 0.456. The number of aliphatic hydroxyl groups excluding tert-OH is 3. The highest BCUT2D eigenvalue weighted by Gasteiger charge is 2.44. The minimum absolute atomic E-state index is 0.0244. The number of hydrogen-bond donors (Lipinski definition) is 4. The molecular weight excluding hydrogens is 272 g/mol. The van der Waals surface area contributed by atoms with Gasteiger partial charge in [-0.15, -0.1) is 4.73 Å². The molecule has 0 aromatic carbocycles. The van der Waals surface area contributed by atoms with Gasteiger partial charge in [0, 0.05) is 6.07 Å². The fourth-order valence-electron chi connectivity index (χ4n) is 1.76. The van der Waals surface area contributed by atoms with Crippen LogP contribution in [0.4, 0.5) is 0 Å². The number of ether oxygens (including phenoxy) is 1.